The first-order chi connectivity index (χ1) is 7.93. The van der Waals surface area contributed by atoms with Crippen LogP contribution >= 0.6 is 0 Å². The maximum Gasteiger partial charge on any atom is 0.358 e. The fourth-order valence-electron chi connectivity index (χ4n) is 1.61. The minimum Gasteiger partial charge on any atom is -0.504 e. The van der Waals surface area contributed by atoms with E-state index in [1.54, 1.807) is 13.8 Å². The van der Waals surface area contributed by atoms with Crippen molar-refractivity contribution >= 4 is 22.6 Å². The Kier molecular flexibility index (Phi) is 2.35. The van der Waals surface area contributed by atoms with Crippen molar-refractivity contribution in [2.75, 3.05) is 5.73 Å². The highest BCUT2D eigenvalue weighted by atomic mass is 16.4. The summed E-state index contributed by atoms with van der Waals surface area (Å²) in [5, 5.41) is 19.1. The number of anilines is 1. The predicted octanol–water partition coefficient (Wildman–Crippen LogP) is 1.23. The molecule has 0 amide bonds. The van der Waals surface area contributed by atoms with Gasteiger partial charge in [0.2, 0.25) is 0 Å². The van der Waals surface area contributed by atoms with Crippen LogP contribution in [0.15, 0.2) is 6.20 Å². The molecule has 0 unspecified atom stereocenters. The number of aromatic hydroxyl groups is 1. The molecule has 2 heterocycles. The number of carboxylic acids is 1. The number of pyridine rings is 2. The van der Waals surface area contributed by atoms with Crippen molar-refractivity contribution in [2.24, 2.45) is 0 Å². The maximum absolute atomic E-state index is 10.8. The number of aromatic nitrogens is 2. The van der Waals surface area contributed by atoms with Gasteiger partial charge in [-0.1, -0.05) is 0 Å². The molecule has 0 aliphatic carbocycles. The number of carbonyl (C=O) groups is 1. The van der Waals surface area contributed by atoms with E-state index in [1.165, 1.54) is 6.20 Å². The average Bonchev–Trinajstić information content (AvgIpc) is 2.27. The molecule has 0 aliphatic heterocycles. The number of carboxylic acid groups (broad SMARTS) is 1. The van der Waals surface area contributed by atoms with Gasteiger partial charge in [0.25, 0.3) is 0 Å². The summed E-state index contributed by atoms with van der Waals surface area (Å²) in [6.07, 6.45) is 1.31. The second-order valence-corrected chi connectivity index (χ2v) is 3.76. The van der Waals surface area contributed by atoms with Gasteiger partial charge in [0.05, 0.1) is 0 Å². The van der Waals surface area contributed by atoms with Crippen LogP contribution in [0.2, 0.25) is 0 Å². The molecule has 0 aliphatic rings. The van der Waals surface area contributed by atoms with Crippen LogP contribution in [0.4, 0.5) is 5.69 Å². The number of rotatable bonds is 1. The molecule has 6 nitrogen and oxygen atoms in total. The number of nitrogen functional groups attached to an aromatic ring is 1. The molecule has 2 aromatic heterocycles. The summed E-state index contributed by atoms with van der Waals surface area (Å²) in [5.74, 6) is -1.76. The molecule has 0 spiro atoms. The van der Waals surface area contributed by atoms with E-state index >= 15 is 0 Å². The average molecular weight is 233 g/mol. The van der Waals surface area contributed by atoms with E-state index in [9.17, 15) is 9.90 Å². The Morgan fingerprint density at radius 3 is 2.65 bits per heavy atom. The van der Waals surface area contributed by atoms with Gasteiger partial charge in [0.1, 0.15) is 5.52 Å². The Bertz CT molecular complexity index is 638. The van der Waals surface area contributed by atoms with Crippen molar-refractivity contribution in [3.05, 3.63) is 23.1 Å². The second kappa shape index (κ2) is 3.58. The first-order valence-corrected chi connectivity index (χ1v) is 4.91. The fraction of sp³-hybridized carbons (Fsp3) is 0.182. The molecule has 0 radical (unpaired) electrons. The van der Waals surface area contributed by atoms with Crippen LogP contribution in [0, 0.1) is 13.8 Å². The van der Waals surface area contributed by atoms with Gasteiger partial charge in [-0.3, -0.25) is 0 Å². The Morgan fingerprint density at radius 1 is 1.41 bits per heavy atom. The lowest BCUT2D eigenvalue weighted by Crippen LogP contribution is -2.04. The highest BCUT2D eigenvalue weighted by molar-refractivity contribution is 6.00. The van der Waals surface area contributed by atoms with Crippen LogP contribution in [0.5, 0.6) is 5.75 Å². The normalized spacial score (nSPS) is 10.7. The van der Waals surface area contributed by atoms with Crippen molar-refractivity contribution in [3.8, 4) is 5.75 Å². The zero-order valence-corrected chi connectivity index (χ0v) is 9.35. The summed E-state index contributed by atoms with van der Waals surface area (Å²) in [7, 11) is 0. The summed E-state index contributed by atoms with van der Waals surface area (Å²) in [6, 6.07) is 0. The van der Waals surface area contributed by atoms with Gasteiger partial charge >= 0.3 is 5.97 Å². The zero-order chi connectivity index (χ0) is 12.7. The van der Waals surface area contributed by atoms with Crippen molar-refractivity contribution in [3.63, 3.8) is 0 Å². The summed E-state index contributed by atoms with van der Waals surface area (Å²) in [5.41, 5.74) is 7.51. The Morgan fingerprint density at radius 2 is 2.06 bits per heavy atom. The molecule has 0 atom stereocenters. The first kappa shape index (κ1) is 11.1. The van der Waals surface area contributed by atoms with Gasteiger partial charge in [-0.05, 0) is 19.4 Å². The molecule has 88 valence electrons. The molecule has 0 fully saturated rings. The molecule has 0 bridgehead atoms. The molecule has 2 aromatic rings. The predicted molar refractivity (Wildman–Crippen MR) is 62.0 cm³/mol. The number of hydrogen-bond donors (Lipinski definition) is 3. The van der Waals surface area contributed by atoms with Gasteiger partial charge in [-0.15, -0.1) is 0 Å². The molecule has 4 N–H and O–H groups in total. The minimum absolute atomic E-state index is 0.165. The Hall–Kier alpha value is -2.37. The van der Waals surface area contributed by atoms with E-state index in [4.69, 9.17) is 10.8 Å². The number of nitrogens with two attached hydrogens (primary N) is 1. The molecular weight excluding hydrogens is 222 g/mol. The molecular formula is C11H11N3O3. The fourth-order valence-corrected chi connectivity index (χ4v) is 1.61. The van der Waals surface area contributed by atoms with E-state index in [-0.39, 0.29) is 5.52 Å². The lowest BCUT2D eigenvalue weighted by atomic mass is 10.1. The van der Waals surface area contributed by atoms with Crippen molar-refractivity contribution in [2.45, 2.75) is 13.8 Å². The van der Waals surface area contributed by atoms with Crippen molar-refractivity contribution in [1.29, 1.82) is 0 Å². The molecule has 2 rings (SSSR count). The van der Waals surface area contributed by atoms with Crippen LogP contribution in [0.3, 0.4) is 0 Å². The van der Waals surface area contributed by atoms with Crippen LogP contribution in [-0.2, 0) is 0 Å². The SMILES string of the molecule is Cc1nc2c(O)c(C(=O)O)ncc2c(N)c1C. The van der Waals surface area contributed by atoms with Gasteiger partial charge in [-0.25, -0.2) is 14.8 Å². The van der Waals surface area contributed by atoms with E-state index in [0.29, 0.717) is 16.8 Å². The third kappa shape index (κ3) is 1.54. The monoisotopic (exact) mass is 233 g/mol. The third-order valence-electron chi connectivity index (χ3n) is 2.75. The van der Waals surface area contributed by atoms with Gasteiger partial charge in [-0.2, -0.15) is 0 Å². The lowest BCUT2D eigenvalue weighted by Gasteiger charge is -2.09. The van der Waals surface area contributed by atoms with Gasteiger partial charge in [0.15, 0.2) is 11.4 Å². The van der Waals surface area contributed by atoms with E-state index in [2.05, 4.69) is 9.97 Å². The zero-order valence-electron chi connectivity index (χ0n) is 9.35. The highest BCUT2D eigenvalue weighted by Gasteiger charge is 2.18. The minimum atomic E-state index is -1.30. The smallest absolute Gasteiger partial charge is 0.358 e. The summed E-state index contributed by atoms with van der Waals surface area (Å²) in [4.78, 5) is 18.6. The maximum atomic E-state index is 10.8. The standard InChI is InChI=1S/C11H11N3O3/c1-4-5(2)14-8-6(7(4)12)3-13-9(10(8)15)11(16)17/h3,15H,1-2H3,(H2,12,14)(H,16,17). The van der Waals surface area contributed by atoms with Crippen LogP contribution in [0.1, 0.15) is 21.7 Å². The van der Waals surface area contributed by atoms with E-state index in [1.807, 2.05) is 0 Å². The quantitative estimate of drug-likeness (QED) is 0.683. The molecule has 0 saturated carbocycles. The van der Waals surface area contributed by atoms with E-state index in [0.717, 1.165) is 5.56 Å². The van der Waals surface area contributed by atoms with Crippen molar-refractivity contribution < 1.29 is 15.0 Å². The second-order valence-electron chi connectivity index (χ2n) is 3.76. The third-order valence-corrected chi connectivity index (χ3v) is 2.75. The first-order valence-electron chi connectivity index (χ1n) is 4.91. The molecule has 0 saturated heterocycles. The van der Waals surface area contributed by atoms with Crippen LogP contribution in [0.25, 0.3) is 10.9 Å². The number of aryl methyl sites for hydroxylation is 1. The Labute approximate surface area is 96.7 Å². The summed E-state index contributed by atoms with van der Waals surface area (Å²) < 4.78 is 0. The molecule has 6 heteroatoms. The van der Waals surface area contributed by atoms with Crippen LogP contribution < -0.4 is 5.73 Å². The number of fused-ring (bicyclic) bond motifs is 1. The van der Waals surface area contributed by atoms with Gasteiger partial charge < -0.3 is 15.9 Å². The van der Waals surface area contributed by atoms with E-state index < -0.39 is 17.4 Å². The molecule has 17 heavy (non-hydrogen) atoms. The molecule has 0 aromatic carbocycles. The van der Waals surface area contributed by atoms with Crippen molar-refractivity contribution in [1.82, 2.24) is 9.97 Å². The van der Waals surface area contributed by atoms with Gasteiger partial charge in [0, 0.05) is 23.0 Å². The highest BCUT2D eigenvalue weighted by Crippen LogP contribution is 2.31. The summed E-state index contributed by atoms with van der Waals surface area (Å²) >= 11 is 0. The largest absolute Gasteiger partial charge is 0.504 e. The number of nitrogens with zero attached hydrogens (tertiary/aromatic N) is 2. The number of hydrogen-bond acceptors (Lipinski definition) is 5. The number of aromatic carboxylic acids is 1. The lowest BCUT2D eigenvalue weighted by molar-refractivity contribution is 0.0687. The Balaban J connectivity index is 2.92. The summed E-state index contributed by atoms with van der Waals surface area (Å²) in [6.45, 7) is 3.55. The topological polar surface area (TPSA) is 109 Å². The van der Waals surface area contributed by atoms with Crippen LogP contribution in [-0.4, -0.2) is 26.2 Å².